The number of aromatic nitrogens is 4. The summed E-state index contributed by atoms with van der Waals surface area (Å²) in [7, 11) is 0. The van der Waals surface area contributed by atoms with E-state index in [9.17, 15) is 24.9 Å². The first kappa shape index (κ1) is 22.7. The molecule has 0 amide bonds. The normalized spacial score (nSPS) is 28.1. The predicted molar refractivity (Wildman–Crippen MR) is 116 cm³/mol. The number of ether oxygens (including phenoxy) is 2. The fourth-order valence-electron chi connectivity index (χ4n) is 4.22. The molecule has 5 atom stereocenters. The van der Waals surface area contributed by atoms with Gasteiger partial charge >= 0.3 is 11.9 Å². The zero-order valence-electron chi connectivity index (χ0n) is 17.1. The second-order valence-electron chi connectivity index (χ2n) is 8.08. The Balaban J connectivity index is 1.42. The molecule has 1 aliphatic heterocycles. The van der Waals surface area contributed by atoms with Crippen LogP contribution in [0.15, 0.2) is 36.7 Å². The van der Waals surface area contributed by atoms with Gasteiger partial charge in [-0.25, -0.2) is 14.6 Å². The van der Waals surface area contributed by atoms with Crippen LogP contribution in [-0.4, -0.2) is 75.6 Å². The summed E-state index contributed by atoms with van der Waals surface area (Å²) in [6, 6.07) is 8.14. The predicted octanol–water partition coefficient (Wildman–Crippen LogP) is 0.847. The molecule has 1 aromatic carbocycles. The highest BCUT2D eigenvalue weighted by Crippen LogP contribution is 2.58. The molecule has 0 radical (unpaired) electrons. The molecule has 3 aromatic rings. The molecule has 3 heterocycles. The van der Waals surface area contributed by atoms with E-state index in [0.29, 0.717) is 5.56 Å². The lowest BCUT2D eigenvalue weighted by molar-refractivity contribution is -0.191. The number of nitrogen functional groups attached to an aromatic ring is 1. The van der Waals surface area contributed by atoms with Crippen molar-refractivity contribution in [3.8, 4) is 0 Å². The number of carboxylic acids is 2. The minimum Gasteiger partial charge on any atom is -0.479 e. The van der Waals surface area contributed by atoms with E-state index in [1.165, 1.54) is 10.9 Å². The molecule has 12 nitrogen and oxygen atoms in total. The van der Waals surface area contributed by atoms with Gasteiger partial charge in [-0.05, 0) is 17.2 Å². The summed E-state index contributed by atoms with van der Waals surface area (Å²) in [4.78, 5) is 36.2. The molecular formula is C20H17Cl2N5O7. The number of hydrogen-bond donors (Lipinski definition) is 4. The van der Waals surface area contributed by atoms with Crippen LogP contribution in [0.2, 0.25) is 5.28 Å². The molecular weight excluding hydrogens is 493 g/mol. The first-order chi connectivity index (χ1) is 16.1. The summed E-state index contributed by atoms with van der Waals surface area (Å²) < 4.78 is 12.8. The molecule has 0 bridgehead atoms. The van der Waals surface area contributed by atoms with Crippen LogP contribution in [0.1, 0.15) is 11.8 Å². The molecule has 1 saturated carbocycles. The topological polar surface area (TPSA) is 183 Å². The number of anilines is 1. The Morgan fingerprint density at radius 2 is 1.91 bits per heavy atom. The van der Waals surface area contributed by atoms with Crippen molar-refractivity contribution in [1.82, 2.24) is 19.5 Å². The molecule has 5 N–H and O–H groups in total. The van der Waals surface area contributed by atoms with Crippen molar-refractivity contribution in [3.63, 3.8) is 0 Å². The van der Waals surface area contributed by atoms with E-state index < -0.39 is 53.4 Å². The minimum absolute atomic E-state index is 0.0385. The lowest BCUT2D eigenvalue weighted by atomic mass is 9.94. The van der Waals surface area contributed by atoms with Crippen molar-refractivity contribution in [2.24, 2.45) is 0 Å². The molecule has 1 aliphatic carbocycles. The smallest absolute Gasteiger partial charge is 0.348 e. The highest BCUT2D eigenvalue weighted by atomic mass is 35.5. The molecule has 2 aromatic heterocycles. The third kappa shape index (κ3) is 3.21. The number of halogens is 2. The number of alkyl halides is 1. The second kappa shape index (κ2) is 7.75. The molecule has 178 valence electrons. The van der Waals surface area contributed by atoms with Gasteiger partial charge in [0, 0.05) is 6.42 Å². The fraction of sp³-hybridized carbons (Fsp3) is 0.350. The number of rotatable bonds is 7. The van der Waals surface area contributed by atoms with E-state index in [0.717, 1.165) is 0 Å². The molecule has 2 fully saturated rings. The van der Waals surface area contributed by atoms with E-state index >= 15 is 0 Å². The number of carbonyl (C=O) groups is 2. The zero-order valence-corrected chi connectivity index (χ0v) is 18.6. The Morgan fingerprint density at radius 1 is 1.24 bits per heavy atom. The number of fused-ring (bicyclic) bond motifs is 2. The maximum atomic E-state index is 12.1. The summed E-state index contributed by atoms with van der Waals surface area (Å²) in [5, 5.41) is 29.5. The van der Waals surface area contributed by atoms with E-state index in [-0.39, 0.29) is 22.3 Å². The summed E-state index contributed by atoms with van der Waals surface area (Å²) in [5.74, 6) is -3.40. The van der Waals surface area contributed by atoms with Gasteiger partial charge in [0.15, 0.2) is 17.7 Å². The number of nitrogens with two attached hydrogens (primary N) is 1. The first-order valence-corrected chi connectivity index (χ1v) is 10.8. The second-order valence-corrected chi connectivity index (χ2v) is 8.88. The quantitative estimate of drug-likeness (QED) is 0.201. The van der Waals surface area contributed by atoms with Crippen LogP contribution >= 0.6 is 23.2 Å². The van der Waals surface area contributed by atoms with Crippen molar-refractivity contribution in [2.45, 2.75) is 41.4 Å². The van der Waals surface area contributed by atoms with Gasteiger partial charge in [0.25, 0.3) is 5.60 Å². The fourth-order valence-corrected chi connectivity index (χ4v) is 4.82. The van der Waals surface area contributed by atoms with Crippen LogP contribution in [0.5, 0.6) is 0 Å². The monoisotopic (exact) mass is 509 g/mol. The van der Waals surface area contributed by atoms with Crippen LogP contribution < -0.4 is 5.73 Å². The van der Waals surface area contributed by atoms with Crippen molar-refractivity contribution in [2.75, 3.05) is 5.73 Å². The molecule has 1 unspecified atom stereocenters. The lowest BCUT2D eigenvalue weighted by Crippen LogP contribution is -2.53. The zero-order chi connectivity index (χ0) is 24.4. The number of aliphatic carboxylic acids is 2. The van der Waals surface area contributed by atoms with Crippen molar-refractivity contribution >= 4 is 52.1 Å². The highest BCUT2D eigenvalue weighted by Gasteiger charge is 2.79. The van der Waals surface area contributed by atoms with Crippen molar-refractivity contribution in [1.29, 1.82) is 0 Å². The summed E-state index contributed by atoms with van der Waals surface area (Å²) in [6.45, 7) is 0. The van der Waals surface area contributed by atoms with Gasteiger partial charge in [0.05, 0.1) is 6.33 Å². The summed E-state index contributed by atoms with van der Waals surface area (Å²) in [5.41, 5.74) is 2.16. The van der Waals surface area contributed by atoms with Gasteiger partial charge in [-0.3, -0.25) is 4.57 Å². The minimum atomic E-state index is -2.67. The van der Waals surface area contributed by atoms with Crippen molar-refractivity contribution in [3.05, 3.63) is 47.5 Å². The molecule has 0 spiro atoms. The number of nitrogens with zero attached hydrogens (tertiary/aromatic N) is 4. The molecule has 2 aliphatic rings. The first-order valence-electron chi connectivity index (χ1n) is 9.95. The van der Waals surface area contributed by atoms with Crippen LogP contribution in [-0.2, 0) is 25.5 Å². The van der Waals surface area contributed by atoms with E-state index in [2.05, 4.69) is 15.0 Å². The van der Waals surface area contributed by atoms with Crippen molar-refractivity contribution < 1.29 is 34.4 Å². The number of benzene rings is 1. The van der Waals surface area contributed by atoms with E-state index in [1.54, 1.807) is 30.3 Å². The Kier molecular flexibility index (Phi) is 5.18. The van der Waals surface area contributed by atoms with E-state index in [4.69, 9.17) is 38.4 Å². The molecule has 1 saturated heterocycles. The Bertz CT molecular complexity index is 1290. The number of aliphatic hydroxyl groups is 1. The standard InChI is InChI=1S/C20H17Cl2N5O7/c21-10-15(27-7-24-9-13(23)25-18(22)26-14(9)27)33-11-12(20(10,11)32)34-19(16(28)29,17(30)31)6-8-4-2-1-3-5-8/h1-5,7,10-12,15,32H,6H2,(H,28,29)(H,30,31)(H2,23,25,26)/t10-,11-,12?,15-,20+/m1/s1. The van der Waals surface area contributed by atoms with E-state index in [1.807, 2.05) is 0 Å². The maximum absolute atomic E-state index is 12.1. The third-order valence-corrected chi connectivity index (χ3v) is 6.80. The van der Waals surface area contributed by atoms with Crippen LogP contribution in [0.4, 0.5) is 5.82 Å². The number of carboxylic acid groups (broad SMARTS) is 2. The van der Waals surface area contributed by atoms with Gasteiger partial charge in [0.2, 0.25) is 5.28 Å². The average molecular weight is 510 g/mol. The Labute approximate surface area is 200 Å². The van der Waals surface area contributed by atoms with Crippen LogP contribution in [0.3, 0.4) is 0 Å². The third-order valence-electron chi connectivity index (χ3n) is 6.07. The van der Waals surface area contributed by atoms with Gasteiger partial charge in [-0.1, -0.05) is 30.3 Å². The van der Waals surface area contributed by atoms with Gasteiger partial charge in [0.1, 0.15) is 28.7 Å². The van der Waals surface area contributed by atoms with Crippen LogP contribution in [0.25, 0.3) is 11.2 Å². The van der Waals surface area contributed by atoms with Gasteiger partial charge in [-0.15, -0.1) is 11.6 Å². The van der Waals surface area contributed by atoms with Gasteiger partial charge in [-0.2, -0.15) is 9.97 Å². The molecule has 14 heteroatoms. The number of imidazole rings is 1. The Hall–Kier alpha value is -3.03. The lowest BCUT2D eigenvalue weighted by Gasteiger charge is -2.29. The summed E-state index contributed by atoms with van der Waals surface area (Å²) in [6.07, 6.45) is -2.54. The van der Waals surface area contributed by atoms with Crippen LogP contribution in [0, 0.1) is 0 Å². The molecule has 5 rings (SSSR count). The maximum Gasteiger partial charge on any atom is 0.348 e. The highest BCUT2D eigenvalue weighted by molar-refractivity contribution is 6.28. The number of hydrogen-bond acceptors (Lipinski definition) is 9. The SMILES string of the molecule is Nc1nc(Cl)nc2c1ncn2[C@@H]1O[C@@H]2C(OC(Cc3ccccc3)(C(=O)O)C(=O)O)[C@]2(O)[C@@H]1Cl. The largest absolute Gasteiger partial charge is 0.479 e. The summed E-state index contributed by atoms with van der Waals surface area (Å²) >= 11 is 12.4. The van der Waals surface area contributed by atoms with Gasteiger partial charge < -0.3 is 30.5 Å². The average Bonchev–Trinajstić information content (AvgIpc) is 3.05. The Morgan fingerprint density at radius 3 is 2.50 bits per heavy atom. The molecule has 34 heavy (non-hydrogen) atoms.